The van der Waals surface area contributed by atoms with Crippen LogP contribution in [0.1, 0.15) is 6.42 Å². The minimum Gasteiger partial charge on any atom is -0.456 e. The fraction of sp³-hybridized carbons (Fsp3) is 0.720. The third-order valence-electron chi connectivity index (χ3n) is 7.32. The Kier molecular flexibility index (Phi) is 13.5. The molecule has 0 spiro atoms. The summed E-state index contributed by atoms with van der Waals surface area (Å²) >= 11 is 0. The summed E-state index contributed by atoms with van der Waals surface area (Å²) in [5, 5.41) is 0.735. The molecule has 1 aromatic rings. The summed E-state index contributed by atoms with van der Waals surface area (Å²) in [6, 6.07) is 8.94. The Morgan fingerprint density at radius 3 is 1.77 bits per heavy atom. The summed E-state index contributed by atoms with van der Waals surface area (Å²) < 4.78 is 118. The van der Waals surface area contributed by atoms with Gasteiger partial charge in [0.05, 0.1) is 8.07 Å². The lowest BCUT2D eigenvalue weighted by atomic mass is 10.2. The highest BCUT2D eigenvalue weighted by molar-refractivity contribution is 6.92. The molecule has 0 radical (unpaired) electrons. The Labute approximate surface area is 253 Å². The Morgan fingerprint density at radius 1 is 0.791 bits per heavy atom. The Morgan fingerprint density at radius 2 is 1.30 bits per heavy atom. The first kappa shape index (κ1) is 39.9. The summed E-state index contributed by atoms with van der Waals surface area (Å²) in [7, 11) is -3.73. The number of amides is 1. The van der Waals surface area contributed by atoms with E-state index in [-0.39, 0.29) is 10.6 Å². The lowest BCUT2D eigenvalue weighted by Gasteiger charge is -2.36. The van der Waals surface area contributed by atoms with Gasteiger partial charge in [0.1, 0.15) is 0 Å². The standard InChI is InChI=1S/C25H44F7NO6Si4/c1-33(22(34)23(26,24(27,28)29)38-25(30,31)32)20-13-11-14-21(19-20)40(5,6)17-18-42(9,10)39-41(7,8)15-12-16-43(35-2,36-3)37-4/h11,13-14,19H,12,15-18H2,1-10H3. The van der Waals surface area contributed by atoms with E-state index in [0.29, 0.717) is 6.04 Å². The van der Waals surface area contributed by atoms with E-state index in [1.807, 2.05) is 13.1 Å². The number of ether oxygens (including phenoxy) is 1. The highest BCUT2D eigenvalue weighted by Crippen LogP contribution is 2.41. The molecule has 1 atom stereocenters. The molecule has 1 unspecified atom stereocenters. The first-order valence-corrected chi connectivity index (χ1v) is 24.9. The van der Waals surface area contributed by atoms with Gasteiger partial charge in [-0.1, -0.05) is 36.5 Å². The van der Waals surface area contributed by atoms with Crippen LogP contribution in [0.5, 0.6) is 0 Å². The molecule has 43 heavy (non-hydrogen) atoms. The molecule has 0 saturated heterocycles. The van der Waals surface area contributed by atoms with E-state index in [1.165, 1.54) is 18.2 Å². The number of hydrogen-bond donors (Lipinski definition) is 0. The third kappa shape index (κ3) is 11.3. The Hall–Kier alpha value is -1.13. The van der Waals surface area contributed by atoms with Crippen LogP contribution in [-0.2, 0) is 26.9 Å². The molecule has 1 rings (SSSR count). The lowest BCUT2D eigenvalue weighted by molar-refractivity contribution is -0.431. The van der Waals surface area contributed by atoms with Crippen molar-refractivity contribution in [3.8, 4) is 0 Å². The summed E-state index contributed by atoms with van der Waals surface area (Å²) in [6.45, 7) is 12.6. The smallest absolute Gasteiger partial charge is 0.456 e. The van der Waals surface area contributed by atoms with E-state index in [4.69, 9.17) is 17.4 Å². The maximum Gasteiger partial charge on any atom is 0.525 e. The molecule has 1 aromatic carbocycles. The molecule has 0 bridgehead atoms. The van der Waals surface area contributed by atoms with Gasteiger partial charge < -0.3 is 22.3 Å². The number of anilines is 1. The monoisotopic (exact) mass is 699 g/mol. The number of halogens is 7. The molecule has 0 aliphatic carbocycles. The average molecular weight is 700 g/mol. The van der Waals surface area contributed by atoms with Gasteiger partial charge >= 0.3 is 33.1 Å². The van der Waals surface area contributed by atoms with Gasteiger partial charge in [0, 0.05) is 40.1 Å². The molecule has 7 nitrogen and oxygen atoms in total. The lowest BCUT2D eigenvalue weighted by Crippen LogP contribution is -2.58. The third-order valence-corrected chi connectivity index (χ3v) is 21.5. The van der Waals surface area contributed by atoms with Gasteiger partial charge in [-0.25, -0.2) is 4.74 Å². The summed E-state index contributed by atoms with van der Waals surface area (Å²) in [4.78, 5) is 12.6. The molecule has 0 aliphatic rings. The van der Waals surface area contributed by atoms with E-state index in [2.05, 4.69) is 30.9 Å². The van der Waals surface area contributed by atoms with Crippen LogP contribution in [0.2, 0.25) is 63.5 Å². The van der Waals surface area contributed by atoms with E-state index >= 15 is 0 Å². The van der Waals surface area contributed by atoms with E-state index < -0.39 is 57.8 Å². The SMILES string of the molecule is CO[Si](CCC[Si](C)(C)O[Si](C)(C)CC[Si](C)(C)c1cccc(N(C)C(=O)C(F)(OC(F)(F)F)C(F)(F)F)c1)(OC)OC. The Bertz CT molecular complexity index is 1060. The zero-order chi connectivity index (χ0) is 33.7. The van der Waals surface area contributed by atoms with Crippen molar-refractivity contribution in [2.45, 2.75) is 88.3 Å². The van der Waals surface area contributed by atoms with Crippen molar-refractivity contribution in [2.75, 3.05) is 33.3 Å². The van der Waals surface area contributed by atoms with Crippen molar-refractivity contribution in [1.29, 1.82) is 0 Å². The zero-order valence-corrected chi connectivity index (χ0v) is 30.4. The van der Waals surface area contributed by atoms with Crippen molar-refractivity contribution in [3.05, 3.63) is 24.3 Å². The number of benzene rings is 1. The van der Waals surface area contributed by atoms with Crippen LogP contribution in [0.25, 0.3) is 0 Å². The fourth-order valence-electron chi connectivity index (χ4n) is 4.75. The fourth-order valence-corrected chi connectivity index (χ4v) is 20.9. The van der Waals surface area contributed by atoms with Crippen LogP contribution in [-0.4, -0.2) is 86.2 Å². The van der Waals surface area contributed by atoms with Gasteiger partial charge in [-0.05, 0) is 56.8 Å². The van der Waals surface area contributed by atoms with Crippen LogP contribution in [0.15, 0.2) is 24.3 Å². The van der Waals surface area contributed by atoms with Crippen LogP contribution in [0, 0.1) is 0 Å². The molecule has 0 fully saturated rings. The average Bonchev–Trinajstić information content (AvgIpc) is 2.87. The molecule has 1 amide bonds. The molecule has 18 heteroatoms. The van der Waals surface area contributed by atoms with Gasteiger partial charge in [0.2, 0.25) is 0 Å². The van der Waals surface area contributed by atoms with Gasteiger partial charge in [0.25, 0.3) is 0 Å². The molecule has 0 saturated carbocycles. The number of rotatable bonds is 16. The second-order valence-corrected chi connectivity index (χ2v) is 29.0. The highest BCUT2D eigenvalue weighted by atomic mass is 28.4. The van der Waals surface area contributed by atoms with Crippen molar-refractivity contribution < 1.29 is 57.7 Å². The van der Waals surface area contributed by atoms with Crippen molar-refractivity contribution >= 4 is 50.3 Å². The quantitative estimate of drug-likeness (QED) is 0.137. The number of nitrogens with zero attached hydrogens (tertiary/aromatic N) is 1. The summed E-state index contributed by atoms with van der Waals surface area (Å²) in [5.41, 5.74) is -0.191. The number of carbonyl (C=O) groups excluding carboxylic acids is 1. The summed E-state index contributed by atoms with van der Waals surface area (Å²) in [5.74, 6) is -8.14. The van der Waals surface area contributed by atoms with Crippen molar-refractivity contribution in [2.24, 2.45) is 0 Å². The number of carbonyl (C=O) groups is 1. The van der Waals surface area contributed by atoms with Crippen LogP contribution < -0.4 is 10.1 Å². The second-order valence-electron chi connectivity index (χ2n) is 12.2. The molecule has 0 N–H and O–H groups in total. The van der Waals surface area contributed by atoms with E-state index in [1.54, 1.807) is 27.4 Å². The summed E-state index contributed by atoms with van der Waals surface area (Å²) in [6.07, 6.45) is -11.5. The number of alkyl halides is 7. The highest BCUT2D eigenvalue weighted by Gasteiger charge is 2.69. The topological polar surface area (TPSA) is 66.5 Å². The zero-order valence-electron chi connectivity index (χ0n) is 26.4. The predicted octanol–water partition coefficient (Wildman–Crippen LogP) is 7.02. The maximum atomic E-state index is 14.6. The number of likely N-dealkylation sites (N-methyl/N-ethyl adjacent to an activating group) is 1. The van der Waals surface area contributed by atoms with Crippen LogP contribution in [0.4, 0.5) is 36.4 Å². The second kappa shape index (κ2) is 14.5. The molecule has 250 valence electrons. The number of hydrogen-bond acceptors (Lipinski definition) is 6. The molecule has 0 heterocycles. The first-order chi connectivity index (χ1) is 19.3. The van der Waals surface area contributed by atoms with Crippen LogP contribution in [0.3, 0.4) is 0 Å². The molecule has 0 aromatic heterocycles. The van der Waals surface area contributed by atoms with Gasteiger partial charge in [0.15, 0.2) is 16.6 Å². The minimum atomic E-state index is -6.27. The molecular formula is C25H44F7NO6Si4. The predicted molar refractivity (Wildman–Crippen MR) is 161 cm³/mol. The van der Waals surface area contributed by atoms with Gasteiger partial charge in [-0.3, -0.25) is 4.79 Å². The van der Waals surface area contributed by atoms with E-state index in [0.717, 1.165) is 36.8 Å². The maximum absolute atomic E-state index is 14.6. The molecule has 0 aliphatic heterocycles. The Balaban J connectivity index is 3.03. The van der Waals surface area contributed by atoms with Gasteiger partial charge in [-0.15, -0.1) is 13.2 Å². The molecular weight excluding hydrogens is 656 g/mol. The van der Waals surface area contributed by atoms with Gasteiger partial charge in [-0.2, -0.15) is 17.6 Å². The normalized spacial score (nSPS) is 15.4. The van der Waals surface area contributed by atoms with Crippen LogP contribution >= 0.6 is 0 Å². The first-order valence-electron chi connectivity index (χ1n) is 13.6. The van der Waals surface area contributed by atoms with Crippen molar-refractivity contribution in [3.63, 3.8) is 0 Å². The van der Waals surface area contributed by atoms with Crippen molar-refractivity contribution in [1.82, 2.24) is 0 Å². The largest absolute Gasteiger partial charge is 0.525 e. The van der Waals surface area contributed by atoms with E-state index in [9.17, 15) is 35.5 Å². The minimum absolute atomic E-state index is 0.191.